The molecule has 9 rings (SSSR count). The summed E-state index contributed by atoms with van der Waals surface area (Å²) in [5.74, 6) is 2.02. The van der Waals surface area contributed by atoms with Gasteiger partial charge in [0.05, 0.1) is 5.41 Å². The summed E-state index contributed by atoms with van der Waals surface area (Å²) < 4.78 is 0. The van der Waals surface area contributed by atoms with Gasteiger partial charge in [-0.15, -0.1) is 11.3 Å². The minimum Gasteiger partial charge on any atom is -0.208 e. The van der Waals surface area contributed by atoms with E-state index in [-0.39, 0.29) is 5.41 Å². The maximum absolute atomic E-state index is 5.05. The minimum absolute atomic E-state index is 0.370. The van der Waals surface area contributed by atoms with E-state index in [1.165, 1.54) is 43.8 Å². The summed E-state index contributed by atoms with van der Waals surface area (Å²) in [6.07, 6.45) is 0. The van der Waals surface area contributed by atoms with E-state index in [1.807, 2.05) is 47.7 Å². The molecule has 0 bridgehead atoms. The number of hydrogen-bond acceptors (Lipinski definition) is 4. The van der Waals surface area contributed by atoms with E-state index >= 15 is 0 Å². The third-order valence-electron chi connectivity index (χ3n) is 8.65. The molecule has 0 saturated heterocycles. The summed E-state index contributed by atoms with van der Waals surface area (Å²) in [6, 6.07) is 47.2. The molecule has 0 N–H and O–H groups in total. The highest BCUT2D eigenvalue weighted by molar-refractivity contribution is 7.14. The van der Waals surface area contributed by atoms with Gasteiger partial charge in [-0.3, -0.25) is 0 Å². The lowest BCUT2D eigenvalue weighted by Crippen LogP contribution is -2.25. The quantitative estimate of drug-likeness (QED) is 0.219. The molecular weight excluding hydrogens is 531 g/mol. The smallest absolute Gasteiger partial charge is 0.164 e. The Morgan fingerprint density at radius 2 is 0.929 bits per heavy atom. The van der Waals surface area contributed by atoms with Crippen molar-refractivity contribution in [2.24, 2.45) is 0 Å². The van der Waals surface area contributed by atoms with Crippen molar-refractivity contribution in [3.05, 3.63) is 161 Å². The summed E-state index contributed by atoms with van der Waals surface area (Å²) in [5, 5.41) is 2.23. The average molecular weight is 554 g/mol. The largest absolute Gasteiger partial charge is 0.208 e. The van der Waals surface area contributed by atoms with Crippen LogP contribution in [0.25, 0.3) is 55.7 Å². The standard InChI is InChI=1S/C38H23N3S/c1-3-11-24(12-4-1)35-39-36(25-13-5-2-6-14-25)41-37(40-35)26-19-20-28-27-15-7-9-17-30(27)38(33(28)23-26)31-18-10-8-16-29(31)34-32(38)21-22-42-34/h1-23H. The normalized spacial score (nSPS) is 15.7. The van der Waals surface area contributed by atoms with E-state index in [0.717, 1.165) is 16.7 Å². The van der Waals surface area contributed by atoms with Gasteiger partial charge < -0.3 is 0 Å². The molecule has 7 aromatic rings. The zero-order valence-electron chi connectivity index (χ0n) is 22.5. The fourth-order valence-electron chi connectivity index (χ4n) is 6.90. The van der Waals surface area contributed by atoms with Crippen molar-refractivity contribution in [2.75, 3.05) is 0 Å². The molecule has 0 fully saturated rings. The maximum atomic E-state index is 5.05. The van der Waals surface area contributed by atoms with Crippen molar-refractivity contribution in [2.45, 2.75) is 5.41 Å². The van der Waals surface area contributed by atoms with E-state index in [1.54, 1.807) is 0 Å². The number of benzene rings is 5. The Morgan fingerprint density at radius 1 is 0.405 bits per heavy atom. The van der Waals surface area contributed by atoms with Gasteiger partial charge in [0.25, 0.3) is 0 Å². The summed E-state index contributed by atoms with van der Waals surface area (Å²) in [7, 11) is 0. The number of nitrogens with zero attached hydrogens (tertiary/aromatic N) is 3. The van der Waals surface area contributed by atoms with Crippen LogP contribution in [0.2, 0.25) is 0 Å². The summed E-state index contributed by atoms with van der Waals surface area (Å²) in [5.41, 5.74) is 11.8. The molecule has 0 radical (unpaired) electrons. The first-order chi connectivity index (χ1) is 20.8. The topological polar surface area (TPSA) is 38.7 Å². The molecule has 1 atom stereocenters. The SMILES string of the molecule is c1ccc(-c2nc(-c3ccccc3)nc(-c3ccc4c(c3)C3(c5ccccc5-4)c4ccccc4-c4sccc43)n2)cc1. The van der Waals surface area contributed by atoms with Crippen LogP contribution < -0.4 is 0 Å². The molecule has 0 aliphatic heterocycles. The zero-order valence-corrected chi connectivity index (χ0v) is 23.3. The van der Waals surface area contributed by atoms with Crippen LogP contribution in [-0.2, 0) is 5.41 Å². The molecule has 196 valence electrons. The molecule has 0 saturated carbocycles. The van der Waals surface area contributed by atoms with Crippen molar-refractivity contribution in [1.82, 2.24) is 15.0 Å². The first-order valence-electron chi connectivity index (χ1n) is 14.1. The summed E-state index contributed by atoms with van der Waals surface area (Å²) in [6.45, 7) is 0. The van der Waals surface area contributed by atoms with Crippen molar-refractivity contribution in [3.8, 4) is 55.7 Å². The fraction of sp³-hybridized carbons (Fsp3) is 0.0263. The molecule has 0 amide bonds. The lowest BCUT2D eigenvalue weighted by atomic mass is 9.71. The zero-order chi connectivity index (χ0) is 27.7. The van der Waals surface area contributed by atoms with Gasteiger partial charge in [-0.2, -0.15) is 0 Å². The second-order valence-corrected chi connectivity index (χ2v) is 11.7. The maximum Gasteiger partial charge on any atom is 0.164 e. The Morgan fingerprint density at radius 3 is 1.60 bits per heavy atom. The van der Waals surface area contributed by atoms with Crippen LogP contribution in [0.1, 0.15) is 22.3 Å². The van der Waals surface area contributed by atoms with Gasteiger partial charge in [0.2, 0.25) is 0 Å². The Balaban J connectivity index is 1.32. The fourth-order valence-corrected chi connectivity index (χ4v) is 7.90. The third-order valence-corrected chi connectivity index (χ3v) is 9.60. The third kappa shape index (κ3) is 3.18. The first kappa shape index (κ1) is 23.5. The van der Waals surface area contributed by atoms with Crippen LogP contribution >= 0.6 is 11.3 Å². The van der Waals surface area contributed by atoms with E-state index in [0.29, 0.717) is 17.5 Å². The Hall–Kier alpha value is -5.19. The molecule has 5 aromatic carbocycles. The molecule has 2 heterocycles. The molecule has 2 aliphatic carbocycles. The van der Waals surface area contributed by atoms with Crippen LogP contribution in [0, 0.1) is 0 Å². The van der Waals surface area contributed by atoms with Crippen LogP contribution in [0.3, 0.4) is 0 Å². The Labute approximate surface area is 247 Å². The number of fused-ring (bicyclic) bond motifs is 10. The first-order valence-corrected chi connectivity index (χ1v) is 15.0. The van der Waals surface area contributed by atoms with Crippen LogP contribution in [0.5, 0.6) is 0 Å². The van der Waals surface area contributed by atoms with Crippen molar-refractivity contribution in [3.63, 3.8) is 0 Å². The molecule has 2 aliphatic rings. The average Bonchev–Trinajstić information content (AvgIpc) is 3.74. The van der Waals surface area contributed by atoms with E-state index in [2.05, 4.69) is 102 Å². The predicted molar refractivity (Wildman–Crippen MR) is 170 cm³/mol. The van der Waals surface area contributed by atoms with Gasteiger partial charge in [0, 0.05) is 21.6 Å². The van der Waals surface area contributed by atoms with Crippen LogP contribution in [0.4, 0.5) is 0 Å². The van der Waals surface area contributed by atoms with E-state index < -0.39 is 0 Å². The Kier molecular flexibility index (Phi) is 4.98. The second kappa shape index (κ2) is 8.90. The van der Waals surface area contributed by atoms with Crippen molar-refractivity contribution in [1.29, 1.82) is 0 Å². The van der Waals surface area contributed by atoms with Crippen molar-refractivity contribution < 1.29 is 0 Å². The molecule has 2 aromatic heterocycles. The molecule has 1 spiro atoms. The van der Waals surface area contributed by atoms with Crippen LogP contribution in [0.15, 0.2) is 139 Å². The van der Waals surface area contributed by atoms with E-state index in [4.69, 9.17) is 15.0 Å². The summed E-state index contributed by atoms with van der Waals surface area (Å²) in [4.78, 5) is 16.4. The van der Waals surface area contributed by atoms with Gasteiger partial charge >= 0.3 is 0 Å². The highest BCUT2D eigenvalue weighted by Gasteiger charge is 2.52. The Bertz CT molecular complexity index is 2090. The molecule has 4 heteroatoms. The molecule has 1 unspecified atom stereocenters. The highest BCUT2D eigenvalue weighted by atomic mass is 32.1. The number of hydrogen-bond donors (Lipinski definition) is 0. The molecule has 42 heavy (non-hydrogen) atoms. The van der Waals surface area contributed by atoms with Gasteiger partial charge in [0.1, 0.15) is 0 Å². The van der Waals surface area contributed by atoms with E-state index in [9.17, 15) is 0 Å². The molecular formula is C38H23N3S. The second-order valence-electron chi connectivity index (χ2n) is 10.8. The highest BCUT2D eigenvalue weighted by Crippen LogP contribution is 2.64. The number of rotatable bonds is 3. The summed E-state index contributed by atoms with van der Waals surface area (Å²) >= 11 is 1.83. The minimum atomic E-state index is -0.370. The van der Waals surface area contributed by atoms with Gasteiger partial charge in [-0.25, -0.2) is 15.0 Å². The lowest BCUT2D eigenvalue weighted by Gasteiger charge is -2.30. The van der Waals surface area contributed by atoms with Gasteiger partial charge in [-0.1, -0.05) is 121 Å². The van der Waals surface area contributed by atoms with Crippen LogP contribution in [-0.4, -0.2) is 15.0 Å². The number of aromatic nitrogens is 3. The number of thiophene rings is 1. The van der Waals surface area contributed by atoms with Crippen molar-refractivity contribution >= 4 is 11.3 Å². The molecule has 3 nitrogen and oxygen atoms in total. The monoisotopic (exact) mass is 553 g/mol. The van der Waals surface area contributed by atoms with Gasteiger partial charge in [0.15, 0.2) is 17.5 Å². The van der Waals surface area contributed by atoms with Gasteiger partial charge in [-0.05, 0) is 56.5 Å². The predicted octanol–water partition coefficient (Wildman–Crippen LogP) is 9.28. The lowest BCUT2D eigenvalue weighted by molar-refractivity contribution is 0.796.